The maximum Gasteiger partial charge on any atom is 0.349 e. The maximum atomic E-state index is 11.5. The number of ether oxygens (including phenoxy) is 2. The van der Waals surface area contributed by atoms with E-state index in [2.05, 4.69) is 21.4 Å². The highest BCUT2D eigenvalue weighted by Crippen LogP contribution is 2.24. The van der Waals surface area contributed by atoms with Gasteiger partial charge in [-0.15, -0.1) is 0 Å². The molecular weight excluding hydrogens is 307 g/mol. The van der Waals surface area contributed by atoms with E-state index >= 15 is 0 Å². The Hall–Kier alpha value is -1.92. The van der Waals surface area contributed by atoms with Gasteiger partial charge in [0.2, 0.25) is 0 Å². The fourth-order valence-corrected chi connectivity index (χ4v) is 1.38. The predicted octanol–water partition coefficient (Wildman–Crippen LogP) is 2.49. The molecule has 0 fully saturated rings. The number of carbonyl (C=O) groups is 2. The molecule has 0 atom stereocenters. The molecule has 8 heteroatoms. The van der Waals surface area contributed by atoms with Crippen LogP contribution in [0.1, 0.15) is 12.5 Å². The van der Waals surface area contributed by atoms with Gasteiger partial charge in [-0.05, 0) is 12.8 Å². The molecule has 0 aliphatic heterocycles. The Bertz CT molecular complexity index is 573. The number of esters is 2. The van der Waals surface area contributed by atoms with Crippen molar-refractivity contribution in [3.63, 3.8) is 0 Å². The van der Waals surface area contributed by atoms with Crippen molar-refractivity contribution in [2.75, 3.05) is 6.61 Å². The molecule has 0 saturated heterocycles. The second-order valence-corrected chi connectivity index (χ2v) is 4.19. The zero-order chi connectivity index (χ0) is 15.1. The van der Waals surface area contributed by atoms with E-state index in [0.717, 1.165) is 0 Å². The summed E-state index contributed by atoms with van der Waals surface area (Å²) in [5.41, 5.74) is 0.378. The van der Waals surface area contributed by atoms with Gasteiger partial charge in [-0.3, -0.25) is 9.79 Å². The first-order valence-corrected chi connectivity index (χ1v) is 6.01. The molecule has 1 heterocycles. The van der Waals surface area contributed by atoms with Crippen molar-refractivity contribution in [2.45, 2.75) is 6.92 Å². The number of nitrogens with zero attached hydrogens (tertiary/aromatic N) is 2. The van der Waals surface area contributed by atoms with Crippen LogP contribution in [0.2, 0.25) is 10.2 Å². The summed E-state index contributed by atoms with van der Waals surface area (Å²) in [4.78, 5) is 29.4. The number of aliphatic imine (C=N–C) groups is 1. The lowest BCUT2D eigenvalue weighted by atomic mass is 10.2. The Kier molecular flexibility index (Phi) is 6.14. The number of halogens is 2. The van der Waals surface area contributed by atoms with Crippen LogP contribution in [-0.2, 0) is 19.1 Å². The van der Waals surface area contributed by atoms with Crippen molar-refractivity contribution in [3.8, 4) is 0 Å². The van der Waals surface area contributed by atoms with E-state index in [1.54, 1.807) is 0 Å². The predicted molar refractivity (Wildman–Crippen MR) is 74.5 cm³/mol. The molecule has 0 saturated carbocycles. The van der Waals surface area contributed by atoms with Gasteiger partial charge in [-0.25, -0.2) is 9.78 Å². The fraction of sp³-hybridized carbons (Fsp3) is 0.167. The molecule has 0 N–H and O–H groups in total. The third-order valence-corrected chi connectivity index (χ3v) is 2.59. The van der Waals surface area contributed by atoms with Gasteiger partial charge in [0.1, 0.15) is 5.15 Å². The van der Waals surface area contributed by atoms with Gasteiger partial charge < -0.3 is 9.47 Å². The first-order chi connectivity index (χ1) is 9.43. The summed E-state index contributed by atoms with van der Waals surface area (Å²) >= 11 is 11.5. The van der Waals surface area contributed by atoms with Crippen LogP contribution < -0.4 is 0 Å². The molecule has 0 radical (unpaired) electrons. The van der Waals surface area contributed by atoms with Crippen LogP contribution in [0, 0.1) is 0 Å². The Morgan fingerprint density at radius 2 is 2.20 bits per heavy atom. The van der Waals surface area contributed by atoms with E-state index in [0.29, 0.717) is 5.56 Å². The third-order valence-electron chi connectivity index (χ3n) is 1.91. The summed E-state index contributed by atoms with van der Waals surface area (Å²) in [5.74, 6) is -1.31. The molecule has 1 aromatic heterocycles. The summed E-state index contributed by atoms with van der Waals surface area (Å²) in [7, 11) is 0. The average Bonchev–Trinajstić information content (AvgIpc) is 2.39. The molecule has 0 spiro atoms. The Morgan fingerprint density at radius 1 is 1.50 bits per heavy atom. The van der Waals surface area contributed by atoms with E-state index in [-0.39, 0.29) is 15.9 Å². The molecule has 0 aliphatic rings. The van der Waals surface area contributed by atoms with Crippen molar-refractivity contribution < 1.29 is 19.1 Å². The van der Waals surface area contributed by atoms with E-state index in [1.807, 2.05) is 0 Å². The normalized spacial score (nSPS) is 10.8. The Balaban J connectivity index is 2.87. The minimum absolute atomic E-state index is 0.0585. The van der Waals surface area contributed by atoms with Crippen LogP contribution in [0.4, 0.5) is 0 Å². The van der Waals surface area contributed by atoms with Gasteiger partial charge in [0.25, 0.3) is 0 Å². The molecule has 106 valence electrons. The van der Waals surface area contributed by atoms with Gasteiger partial charge in [0.05, 0.1) is 11.2 Å². The number of hydrogen-bond acceptors (Lipinski definition) is 6. The number of carbonyl (C=O) groups excluding carboxylic acids is 2. The molecule has 6 nitrogen and oxygen atoms in total. The minimum Gasteiger partial charge on any atom is -0.454 e. The zero-order valence-electron chi connectivity index (χ0n) is 10.4. The topological polar surface area (TPSA) is 77.9 Å². The van der Waals surface area contributed by atoms with Gasteiger partial charge in [0.15, 0.2) is 12.4 Å². The van der Waals surface area contributed by atoms with Gasteiger partial charge in [0, 0.05) is 18.7 Å². The Morgan fingerprint density at radius 3 is 2.75 bits per heavy atom. The Labute approximate surface area is 125 Å². The number of aromatic nitrogens is 1. The molecular formula is C12H10Cl2N2O4. The summed E-state index contributed by atoms with van der Waals surface area (Å²) in [6.45, 7) is 3.93. The number of hydrogen-bond donors (Lipinski definition) is 0. The van der Waals surface area contributed by atoms with Crippen molar-refractivity contribution >= 4 is 47.6 Å². The summed E-state index contributed by atoms with van der Waals surface area (Å²) in [6.07, 6.45) is 2.55. The second kappa shape index (κ2) is 7.62. The molecule has 0 aliphatic carbocycles. The molecule has 0 aromatic carbocycles. The second-order valence-electron chi connectivity index (χ2n) is 3.43. The van der Waals surface area contributed by atoms with Crippen LogP contribution >= 0.6 is 23.2 Å². The molecule has 20 heavy (non-hydrogen) atoms. The van der Waals surface area contributed by atoms with Crippen molar-refractivity contribution in [1.29, 1.82) is 0 Å². The largest absolute Gasteiger partial charge is 0.454 e. The standard InChI is InChI=1S/C12H10Cl2N2O4/c1-7(17)19-6-11(18)20-10(5-15-2)8-3-9(13)12(14)16-4-8/h3-5H,2,6H2,1H3/b10-5+. The molecule has 1 rings (SSSR count). The summed E-state index contributed by atoms with van der Waals surface area (Å²) < 4.78 is 9.50. The highest BCUT2D eigenvalue weighted by molar-refractivity contribution is 6.41. The zero-order valence-corrected chi connectivity index (χ0v) is 11.9. The molecule has 0 bridgehead atoms. The van der Waals surface area contributed by atoms with Crippen LogP contribution in [0.5, 0.6) is 0 Å². The van der Waals surface area contributed by atoms with E-state index in [4.69, 9.17) is 27.9 Å². The van der Waals surface area contributed by atoms with Crippen LogP contribution in [0.3, 0.4) is 0 Å². The number of rotatable bonds is 5. The van der Waals surface area contributed by atoms with Crippen molar-refractivity contribution in [2.24, 2.45) is 4.99 Å². The molecule has 1 aromatic rings. The number of pyridine rings is 1. The van der Waals surface area contributed by atoms with E-state index in [9.17, 15) is 9.59 Å². The van der Waals surface area contributed by atoms with Crippen LogP contribution in [-0.4, -0.2) is 30.2 Å². The molecule has 0 unspecified atom stereocenters. The highest BCUT2D eigenvalue weighted by atomic mass is 35.5. The van der Waals surface area contributed by atoms with E-state index < -0.39 is 18.5 Å². The quantitative estimate of drug-likeness (QED) is 0.361. The monoisotopic (exact) mass is 316 g/mol. The molecule has 0 amide bonds. The van der Waals surface area contributed by atoms with Crippen molar-refractivity contribution in [3.05, 3.63) is 34.2 Å². The lowest BCUT2D eigenvalue weighted by molar-refractivity contribution is -0.153. The third kappa shape index (κ3) is 4.99. The van der Waals surface area contributed by atoms with Crippen LogP contribution in [0.25, 0.3) is 5.76 Å². The van der Waals surface area contributed by atoms with Gasteiger partial charge in [-0.1, -0.05) is 23.2 Å². The SMILES string of the molecule is C=N/C=C(/OC(=O)COC(C)=O)c1cnc(Cl)c(Cl)c1. The lowest BCUT2D eigenvalue weighted by Crippen LogP contribution is -2.14. The average molecular weight is 317 g/mol. The highest BCUT2D eigenvalue weighted by Gasteiger charge is 2.13. The smallest absolute Gasteiger partial charge is 0.349 e. The fourth-order valence-electron chi connectivity index (χ4n) is 1.11. The maximum absolute atomic E-state index is 11.5. The van der Waals surface area contributed by atoms with Gasteiger partial charge in [-0.2, -0.15) is 0 Å². The first-order valence-electron chi connectivity index (χ1n) is 5.25. The summed E-state index contributed by atoms with van der Waals surface area (Å²) in [5, 5.41) is 0.308. The summed E-state index contributed by atoms with van der Waals surface area (Å²) in [6, 6.07) is 1.45. The first kappa shape index (κ1) is 16.1. The lowest BCUT2D eigenvalue weighted by Gasteiger charge is -2.08. The van der Waals surface area contributed by atoms with E-state index in [1.165, 1.54) is 25.4 Å². The minimum atomic E-state index is -0.777. The van der Waals surface area contributed by atoms with Gasteiger partial charge >= 0.3 is 11.9 Å². The van der Waals surface area contributed by atoms with Crippen LogP contribution in [0.15, 0.2) is 23.5 Å². The van der Waals surface area contributed by atoms with Crippen molar-refractivity contribution in [1.82, 2.24) is 4.98 Å².